The molecule has 0 amide bonds. The maximum Gasteiger partial charge on any atom is 0.153 e. The zero-order chi connectivity index (χ0) is 19.6. The van der Waals surface area contributed by atoms with E-state index in [0.29, 0.717) is 0 Å². The highest BCUT2D eigenvalue weighted by molar-refractivity contribution is 5.83. The number of hydrogen-bond acceptors (Lipinski definition) is 3. The van der Waals surface area contributed by atoms with Crippen LogP contribution in [0.3, 0.4) is 0 Å². The highest BCUT2D eigenvalue weighted by atomic mass is 16.3. The molecule has 4 aromatic rings. The molecule has 0 N–H and O–H groups in total. The van der Waals surface area contributed by atoms with Crippen molar-refractivity contribution in [3.63, 3.8) is 0 Å². The van der Waals surface area contributed by atoms with Crippen LogP contribution in [-0.2, 0) is 6.54 Å². The molecule has 0 spiro atoms. The lowest BCUT2D eigenvalue weighted by Crippen LogP contribution is -2.29. The van der Waals surface area contributed by atoms with Crippen LogP contribution in [0.4, 0.5) is 0 Å². The molecule has 1 aliphatic rings. The molecule has 2 aromatic carbocycles. The molecular weight excluding hydrogens is 356 g/mol. The van der Waals surface area contributed by atoms with Gasteiger partial charge in [0, 0.05) is 18.2 Å². The maximum atomic E-state index is 6.19. The fraction of sp³-hybridized carbons (Fsp3) is 0.269. The Kier molecular flexibility index (Phi) is 4.91. The second kappa shape index (κ2) is 7.84. The number of hydrogen-bond donors (Lipinski definition) is 0. The molecule has 0 unspecified atom stereocenters. The molecular formula is C26H26N2O. The van der Waals surface area contributed by atoms with Gasteiger partial charge in [-0.05, 0) is 61.7 Å². The van der Waals surface area contributed by atoms with Crippen molar-refractivity contribution in [3.8, 4) is 22.5 Å². The molecule has 1 fully saturated rings. The van der Waals surface area contributed by atoms with Crippen molar-refractivity contribution in [2.24, 2.45) is 0 Å². The van der Waals surface area contributed by atoms with Crippen LogP contribution in [0, 0.1) is 6.92 Å². The maximum absolute atomic E-state index is 6.19. The SMILES string of the molecule is Cc1c(-c2ccccc2)cccc1-c1cc2nc(CN3CCCCC3)ccc2o1. The molecule has 2 aromatic heterocycles. The smallest absolute Gasteiger partial charge is 0.153 e. The molecule has 29 heavy (non-hydrogen) atoms. The van der Waals surface area contributed by atoms with Gasteiger partial charge in [-0.25, -0.2) is 4.98 Å². The zero-order valence-corrected chi connectivity index (χ0v) is 16.9. The van der Waals surface area contributed by atoms with E-state index < -0.39 is 0 Å². The van der Waals surface area contributed by atoms with Gasteiger partial charge >= 0.3 is 0 Å². The Morgan fingerprint density at radius 2 is 1.66 bits per heavy atom. The summed E-state index contributed by atoms with van der Waals surface area (Å²) in [6.45, 7) is 5.46. The second-order valence-electron chi connectivity index (χ2n) is 7.98. The second-order valence-corrected chi connectivity index (χ2v) is 7.98. The minimum atomic E-state index is 0.854. The Balaban J connectivity index is 1.48. The van der Waals surface area contributed by atoms with E-state index in [1.54, 1.807) is 0 Å². The van der Waals surface area contributed by atoms with Crippen LogP contribution in [0.2, 0.25) is 0 Å². The number of benzene rings is 2. The normalized spacial score (nSPS) is 15.1. The summed E-state index contributed by atoms with van der Waals surface area (Å²) < 4.78 is 6.19. The first kappa shape index (κ1) is 18.1. The topological polar surface area (TPSA) is 29.3 Å². The third-order valence-electron chi connectivity index (χ3n) is 5.95. The molecule has 0 aliphatic carbocycles. The van der Waals surface area contributed by atoms with Crippen molar-refractivity contribution < 1.29 is 4.42 Å². The van der Waals surface area contributed by atoms with E-state index in [4.69, 9.17) is 9.40 Å². The van der Waals surface area contributed by atoms with Gasteiger partial charge in [0.1, 0.15) is 11.3 Å². The molecule has 1 aliphatic heterocycles. The summed E-state index contributed by atoms with van der Waals surface area (Å²) in [4.78, 5) is 7.40. The van der Waals surface area contributed by atoms with E-state index in [0.717, 1.165) is 34.7 Å². The third-order valence-corrected chi connectivity index (χ3v) is 5.95. The van der Waals surface area contributed by atoms with E-state index in [9.17, 15) is 0 Å². The van der Waals surface area contributed by atoms with Gasteiger partial charge in [-0.1, -0.05) is 55.0 Å². The van der Waals surface area contributed by atoms with Gasteiger partial charge < -0.3 is 4.42 Å². The van der Waals surface area contributed by atoms with Crippen molar-refractivity contribution >= 4 is 11.1 Å². The van der Waals surface area contributed by atoms with Crippen molar-refractivity contribution in [2.45, 2.75) is 32.7 Å². The molecule has 5 rings (SSSR count). The van der Waals surface area contributed by atoms with Crippen molar-refractivity contribution in [2.75, 3.05) is 13.1 Å². The summed E-state index contributed by atoms with van der Waals surface area (Å²) >= 11 is 0. The quantitative estimate of drug-likeness (QED) is 0.406. The van der Waals surface area contributed by atoms with Crippen molar-refractivity contribution in [3.05, 3.63) is 78.0 Å². The molecule has 0 atom stereocenters. The number of pyridine rings is 1. The van der Waals surface area contributed by atoms with Gasteiger partial charge in [0.25, 0.3) is 0 Å². The summed E-state index contributed by atoms with van der Waals surface area (Å²) in [6.07, 6.45) is 3.96. The van der Waals surface area contributed by atoms with Crippen molar-refractivity contribution in [1.82, 2.24) is 9.88 Å². The van der Waals surface area contributed by atoms with Crippen LogP contribution < -0.4 is 0 Å². The molecule has 0 bridgehead atoms. The average molecular weight is 383 g/mol. The summed E-state index contributed by atoms with van der Waals surface area (Å²) in [5, 5.41) is 0. The summed E-state index contributed by atoms with van der Waals surface area (Å²) in [5.41, 5.74) is 7.74. The Morgan fingerprint density at radius 1 is 0.862 bits per heavy atom. The van der Waals surface area contributed by atoms with Gasteiger partial charge in [0.2, 0.25) is 0 Å². The van der Waals surface area contributed by atoms with Gasteiger partial charge in [0.05, 0.1) is 5.69 Å². The molecule has 3 heteroatoms. The van der Waals surface area contributed by atoms with Crippen LogP contribution in [0.25, 0.3) is 33.6 Å². The average Bonchev–Trinajstić information content (AvgIpc) is 3.18. The third kappa shape index (κ3) is 3.70. The molecule has 146 valence electrons. The highest BCUT2D eigenvalue weighted by Crippen LogP contribution is 2.34. The van der Waals surface area contributed by atoms with E-state index in [2.05, 4.69) is 78.6 Å². The van der Waals surface area contributed by atoms with Gasteiger partial charge in [-0.2, -0.15) is 0 Å². The van der Waals surface area contributed by atoms with E-state index in [1.807, 2.05) is 0 Å². The van der Waals surface area contributed by atoms with Crippen LogP contribution >= 0.6 is 0 Å². The summed E-state index contributed by atoms with van der Waals surface area (Å²) in [7, 11) is 0. The van der Waals surface area contributed by atoms with E-state index in [-0.39, 0.29) is 0 Å². The number of nitrogens with zero attached hydrogens (tertiary/aromatic N) is 2. The number of rotatable bonds is 4. The first-order chi connectivity index (χ1) is 14.3. The highest BCUT2D eigenvalue weighted by Gasteiger charge is 2.15. The fourth-order valence-electron chi connectivity index (χ4n) is 4.37. The van der Waals surface area contributed by atoms with Gasteiger partial charge in [-0.15, -0.1) is 0 Å². The lowest BCUT2D eigenvalue weighted by atomic mass is 9.95. The molecule has 3 heterocycles. The first-order valence-corrected chi connectivity index (χ1v) is 10.6. The first-order valence-electron chi connectivity index (χ1n) is 10.6. The number of aromatic nitrogens is 1. The lowest BCUT2D eigenvalue weighted by Gasteiger charge is -2.25. The number of piperidine rings is 1. The molecule has 0 radical (unpaired) electrons. The summed E-state index contributed by atoms with van der Waals surface area (Å²) in [5.74, 6) is 0.887. The van der Waals surface area contributed by atoms with Gasteiger partial charge in [0.15, 0.2) is 5.58 Å². The van der Waals surface area contributed by atoms with Crippen molar-refractivity contribution in [1.29, 1.82) is 0 Å². The Morgan fingerprint density at radius 3 is 2.48 bits per heavy atom. The van der Waals surface area contributed by atoms with Crippen LogP contribution in [0.1, 0.15) is 30.5 Å². The predicted molar refractivity (Wildman–Crippen MR) is 119 cm³/mol. The minimum Gasteiger partial charge on any atom is -0.454 e. The number of fused-ring (bicyclic) bond motifs is 1. The molecule has 1 saturated heterocycles. The molecule has 0 saturated carbocycles. The Hall–Kier alpha value is -2.91. The fourth-order valence-corrected chi connectivity index (χ4v) is 4.37. The van der Waals surface area contributed by atoms with E-state index in [1.165, 1.54) is 49.0 Å². The largest absolute Gasteiger partial charge is 0.454 e. The minimum absolute atomic E-state index is 0.854. The van der Waals surface area contributed by atoms with Crippen LogP contribution in [0.15, 0.2) is 71.1 Å². The number of furan rings is 1. The van der Waals surface area contributed by atoms with Crippen LogP contribution in [-0.4, -0.2) is 23.0 Å². The van der Waals surface area contributed by atoms with Gasteiger partial charge in [-0.3, -0.25) is 4.90 Å². The Labute approximate surface area is 172 Å². The zero-order valence-electron chi connectivity index (χ0n) is 16.9. The van der Waals surface area contributed by atoms with E-state index >= 15 is 0 Å². The van der Waals surface area contributed by atoms with Crippen LogP contribution in [0.5, 0.6) is 0 Å². The lowest BCUT2D eigenvalue weighted by molar-refractivity contribution is 0.219. The monoisotopic (exact) mass is 382 g/mol. The standard InChI is InChI=1S/C26H26N2O/c1-19-22(20-9-4-2-5-10-20)11-8-12-23(19)26-17-24-25(29-26)14-13-21(27-24)18-28-15-6-3-7-16-28/h2,4-5,8-14,17H,3,6-7,15-16,18H2,1H3. The Bertz CT molecular complexity index is 1120. The number of likely N-dealkylation sites (tertiary alicyclic amines) is 1. The predicted octanol–water partition coefficient (Wildman–Crippen LogP) is 6.46. The summed E-state index contributed by atoms with van der Waals surface area (Å²) in [6, 6.07) is 23.2. The molecule has 3 nitrogen and oxygen atoms in total.